The first-order valence-corrected chi connectivity index (χ1v) is 11.5. The third-order valence-corrected chi connectivity index (χ3v) is 16.2. The molecule has 0 aromatic heterocycles. The zero-order valence-electron chi connectivity index (χ0n) is 7.83. The lowest BCUT2D eigenvalue weighted by Crippen LogP contribution is -2.52. The summed E-state index contributed by atoms with van der Waals surface area (Å²) in [7, 11) is -2.03. The lowest BCUT2D eigenvalue weighted by Gasteiger charge is -2.37. The molecule has 0 N–H and O–H groups in total. The Balaban J connectivity index is 4.23. The summed E-state index contributed by atoms with van der Waals surface area (Å²) in [5.74, 6) is 0. The summed E-state index contributed by atoms with van der Waals surface area (Å²) >= 11 is 2.51. The van der Waals surface area contributed by atoms with E-state index in [-0.39, 0.29) is 0 Å². The molecule has 0 rings (SSSR count). The van der Waals surface area contributed by atoms with Crippen molar-refractivity contribution in [1.29, 1.82) is 0 Å². The molecule has 10 heavy (non-hydrogen) atoms. The molecule has 0 saturated heterocycles. The predicted molar refractivity (Wildman–Crippen MR) is 62.6 cm³/mol. The van der Waals surface area contributed by atoms with Gasteiger partial charge in [0, 0.05) is 22.9 Å². The van der Waals surface area contributed by atoms with E-state index in [1.807, 2.05) is 0 Å². The average molecular weight is 287 g/mol. The largest absolute Gasteiger partial charge is 0.290 e. The van der Waals surface area contributed by atoms with Crippen LogP contribution in [-0.2, 0) is 0 Å². The first-order chi connectivity index (χ1) is 4.15. The molecule has 0 atom stereocenters. The van der Waals surface area contributed by atoms with Gasteiger partial charge in [-0.3, -0.25) is 2.44 Å². The van der Waals surface area contributed by atoms with Crippen LogP contribution in [0.25, 0.3) is 0 Å². The minimum Gasteiger partial charge on any atom is -0.290 e. The van der Waals surface area contributed by atoms with E-state index in [4.69, 9.17) is 0 Å². The van der Waals surface area contributed by atoms with Crippen molar-refractivity contribution in [3.63, 3.8) is 0 Å². The molecule has 0 unspecified atom stereocenters. The van der Waals surface area contributed by atoms with Crippen LogP contribution in [0.4, 0.5) is 0 Å². The standard InChI is InChI=1S/C6H18INSi2/c1-9(2,3)8(7)10(4,5)6/h1-6H3. The highest BCUT2D eigenvalue weighted by atomic mass is 127. The van der Waals surface area contributed by atoms with Gasteiger partial charge in [0.25, 0.3) is 0 Å². The number of rotatable bonds is 2. The summed E-state index contributed by atoms with van der Waals surface area (Å²) in [5.41, 5.74) is 0. The van der Waals surface area contributed by atoms with Gasteiger partial charge in [-0.15, -0.1) is 0 Å². The minimum absolute atomic E-state index is 1.01. The fraction of sp³-hybridized carbons (Fsp3) is 1.00. The maximum atomic E-state index is 2.62. The zero-order valence-corrected chi connectivity index (χ0v) is 12.0. The molecular formula is C6H18INSi2. The van der Waals surface area contributed by atoms with Gasteiger partial charge < -0.3 is 0 Å². The van der Waals surface area contributed by atoms with E-state index < -0.39 is 16.5 Å². The summed E-state index contributed by atoms with van der Waals surface area (Å²) in [5, 5.41) is 0. The van der Waals surface area contributed by atoms with Gasteiger partial charge in [0.1, 0.15) is 16.5 Å². The van der Waals surface area contributed by atoms with Crippen LogP contribution >= 0.6 is 22.9 Å². The van der Waals surface area contributed by atoms with Crippen LogP contribution in [0, 0.1) is 0 Å². The number of halogens is 1. The van der Waals surface area contributed by atoms with E-state index in [9.17, 15) is 0 Å². The van der Waals surface area contributed by atoms with Crippen LogP contribution in [0.3, 0.4) is 0 Å². The van der Waals surface area contributed by atoms with E-state index >= 15 is 0 Å². The van der Waals surface area contributed by atoms with Crippen molar-refractivity contribution in [1.82, 2.24) is 2.44 Å². The Kier molecular flexibility index (Phi) is 3.61. The average Bonchev–Trinajstić information content (AvgIpc) is 1.59. The molecule has 0 aliphatic rings. The van der Waals surface area contributed by atoms with E-state index in [1.165, 1.54) is 0 Å². The van der Waals surface area contributed by atoms with Gasteiger partial charge in [0.15, 0.2) is 0 Å². The van der Waals surface area contributed by atoms with Crippen LogP contribution in [0.2, 0.25) is 39.3 Å². The van der Waals surface area contributed by atoms with Gasteiger partial charge >= 0.3 is 0 Å². The molecule has 0 aliphatic heterocycles. The van der Waals surface area contributed by atoms with E-state index in [2.05, 4.69) is 64.6 Å². The van der Waals surface area contributed by atoms with Gasteiger partial charge in [-0.1, -0.05) is 39.3 Å². The molecule has 0 spiro atoms. The van der Waals surface area contributed by atoms with Gasteiger partial charge in [0.05, 0.1) is 0 Å². The highest BCUT2D eigenvalue weighted by Gasteiger charge is 2.32. The molecule has 4 heteroatoms. The van der Waals surface area contributed by atoms with E-state index in [0.717, 1.165) is 0 Å². The molecule has 0 aliphatic carbocycles. The first kappa shape index (κ1) is 11.1. The molecule has 0 aromatic rings. The third-order valence-electron chi connectivity index (χ3n) is 1.18. The SMILES string of the molecule is C[Si](C)(C)N(I)[Si](C)(C)C. The van der Waals surface area contributed by atoms with E-state index in [1.54, 1.807) is 0 Å². The second kappa shape index (κ2) is 3.24. The van der Waals surface area contributed by atoms with Gasteiger partial charge in [-0.2, -0.15) is 0 Å². The number of hydrogen-bond donors (Lipinski definition) is 0. The van der Waals surface area contributed by atoms with E-state index in [0.29, 0.717) is 0 Å². The third kappa shape index (κ3) is 3.50. The lowest BCUT2D eigenvalue weighted by atomic mass is 11.8. The Morgan fingerprint density at radius 2 is 1.00 bits per heavy atom. The molecule has 0 saturated carbocycles. The normalized spacial score (nSPS) is 14.4. The molecule has 0 heterocycles. The predicted octanol–water partition coefficient (Wildman–Crippen LogP) is 3.31. The summed E-state index contributed by atoms with van der Waals surface area (Å²) in [6.07, 6.45) is 0. The maximum Gasteiger partial charge on any atom is 0.122 e. The maximum absolute atomic E-state index is 2.62. The minimum atomic E-state index is -1.01. The van der Waals surface area contributed by atoms with Crippen molar-refractivity contribution in [3.05, 3.63) is 0 Å². The van der Waals surface area contributed by atoms with Gasteiger partial charge in [-0.25, -0.2) is 0 Å². The molecular weight excluding hydrogens is 269 g/mol. The summed E-state index contributed by atoms with van der Waals surface area (Å²) in [4.78, 5) is 0. The summed E-state index contributed by atoms with van der Waals surface area (Å²) in [6.45, 7) is 14.4. The van der Waals surface area contributed by atoms with Crippen molar-refractivity contribution < 1.29 is 0 Å². The fourth-order valence-electron chi connectivity index (χ4n) is 1.01. The molecule has 0 aromatic carbocycles. The van der Waals surface area contributed by atoms with Gasteiger partial charge in [-0.05, 0) is 0 Å². The fourth-order valence-corrected chi connectivity index (χ4v) is 9.06. The topological polar surface area (TPSA) is 3.24 Å². The van der Waals surface area contributed by atoms with Gasteiger partial charge in [0.2, 0.25) is 0 Å². The Morgan fingerprint density at radius 1 is 0.800 bits per heavy atom. The quantitative estimate of drug-likeness (QED) is 0.428. The van der Waals surface area contributed by atoms with Crippen molar-refractivity contribution in [2.75, 3.05) is 0 Å². The van der Waals surface area contributed by atoms with Crippen LogP contribution < -0.4 is 0 Å². The molecule has 1 nitrogen and oxygen atoms in total. The van der Waals surface area contributed by atoms with Crippen LogP contribution in [0.1, 0.15) is 0 Å². The Hall–Kier alpha value is 1.12. The highest BCUT2D eigenvalue weighted by Crippen LogP contribution is 2.23. The van der Waals surface area contributed by atoms with Crippen molar-refractivity contribution >= 4 is 39.3 Å². The summed E-state index contributed by atoms with van der Waals surface area (Å²) < 4.78 is 2.62. The van der Waals surface area contributed by atoms with Crippen LogP contribution in [-0.4, -0.2) is 18.9 Å². The Morgan fingerprint density at radius 3 is 1.00 bits per heavy atom. The monoisotopic (exact) mass is 287 g/mol. The molecule has 0 bridgehead atoms. The molecule has 0 amide bonds. The van der Waals surface area contributed by atoms with Crippen LogP contribution in [0.5, 0.6) is 0 Å². The Labute approximate surface area is 80.9 Å². The zero-order chi connectivity index (χ0) is 8.58. The molecule has 0 radical (unpaired) electrons. The lowest BCUT2D eigenvalue weighted by molar-refractivity contribution is 1.06. The van der Waals surface area contributed by atoms with Crippen molar-refractivity contribution in [2.45, 2.75) is 39.3 Å². The summed E-state index contributed by atoms with van der Waals surface area (Å²) in [6, 6.07) is 0. The molecule has 0 fully saturated rings. The Bertz CT molecular complexity index is 99.9. The van der Waals surface area contributed by atoms with Crippen molar-refractivity contribution in [3.8, 4) is 0 Å². The smallest absolute Gasteiger partial charge is 0.122 e. The second-order valence-electron chi connectivity index (χ2n) is 4.62. The highest BCUT2D eigenvalue weighted by molar-refractivity contribution is 14.1. The number of hydrogen-bond acceptors (Lipinski definition) is 1. The second-order valence-corrected chi connectivity index (χ2v) is 17.4. The van der Waals surface area contributed by atoms with Crippen molar-refractivity contribution in [2.24, 2.45) is 0 Å². The number of nitrogens with zero attached hydrogens (tertiary/aromatic N) is 1. The van der Waals surface area contributed by atoms with Crippen LogP contribution in [0.15, 0.2) is 0 Å². The molecule has 62 valence electrons. The first-order valence-electron chi connectivity index (χ1n) is 3.62.